The molecule has 3 aromatic rings. The van der Waals surface area contributed by atoms with E-state index in [1.54, 1.807) is 0 Å². The number of halogens is 1. The zero-order valence-corrected chi connectivity index (χ0v) is 12.6. The molecule has 0 radical (unpaired) electrons. The highest BCUT2D eigenvalue weighted by atomic mass is 35.5. The number of hydrogen-bond donors (Lipinski definition) is 1. The van der Waals surface area contributed by atoms with Crippen molar-refractivity contribution in [3.8, 4) is 0 Å². The van der Waals surface area contributed by atoms with Crippen molar-refractivity contribution >= 4 is 33.4 Å². The van der Waals surface area contributed by atoms with Crippen LogP contribution in [0.25, 0.3) is 21.8 Å². The lowest BCUT2D eigenvalue weighted by Gasteiger charge is -2.02. The van der Waals surface area contributed by atoms with E-state index in [9.17, 15) is 0 Å². The van der Waals surface area contributed by atoms with E-state index in [1.165, 1.54) is 54.0 Å². The molecule has 1 nitrogen and oxygen atoms in total. The highest BCUT2D eigenvalue weighted by molar-refractivity contribution is 6.31. The first-order valence-corrected chi connectivity index (χ1v) is 7.85. The molecule has 0 saturated carbocycles. The van der Waals surface area contributed by atoms with Crippen molar-refractivity contribution < 1.29 is 0 Å². The number of unbranched alkanes of at least 4 members (excludes halogenated alkanes) is 3. The summed E-state index contributed by atoms with van der Waals surface area (Å²) in [6.45, 7) is 2.25. The highest BCUT2D eigenvalue weighted by Crippen LogP contribution is 2.28. The predicted molar refractivity (Wildman–Crippen MR) is 88.7 cm³/mol. The monoisotopic (exact) mass is 285 g/mol. The predicted octanol–water partition coefficient (Wildman–Crippen LogP) is 6.10. The molecule has 1 aromatic heterocycles. The molecule has 20 heavy (non-hydrogen) atoms. The van der Waals surface area contributed by atoms with Crippen molar-refractivity contribution in [2.45, 2.75) is 39.0 Å². The molecule has 1 N–H and O–H groups in total. The van der Waals surface area contributed by atoms with Crippen LogP contribution in [-0.4, -0.2) is 4.98 Å². The van der Waals surface area contributed by atoms with Crippen LogP contribution in [0.3, 0.4) is 0 Å². The maximum Gasteiger partial charge on any atom is 0.0479 e. The van der Waals surface area contributed by atoms with Crippen molar-refractivity contribution in [3.63, 3.8) is 0 Å². The number of fused-ring (bicyclic) bond motifs is 3. The lowest BCUT2D eigenvalue weighted by molar-refractivity contribution is 0.667. The van der Waals surface area contributed by atoms with Gasteiger partial charge in [-0.25, -0.2) is 0 Å². The first-order valence-electron chi connectivity index (χ1n) is 7.48. The molecule has 3 rings (SSSR count). The second-order valence-electron chi connectivity index (χ2n) is 5.51. The quantitative estimate of drug-likeness (QED) is 0.545. The highest BCUT2D eigenvalue weighted by Gasteiger charge is 2.05. The minimum atomic E-state index is 0.781. The zero-order valence-electron chi connectivity index (χ0n) is 11.9. The van der Waals surface area contributed by atoms with Crippen LogP contribution in [0.5, 0.6) is 0 Å². The van der Waals surface area contributed by atoms with Gasteiger partial charge >= 0.3 is 0 Å². The third kappa shape index (κ3) is 2.69. The molecular weight excluding hydrogens is 266 g/mol. The molecule has 1 heterocycles. The first-order chi connectivity index (χ1) is 9.78. The van der Waals surface area contributed by atoms with Gasteiger partial charge in [-0.2, -0.15) is 0 Å². The molecule has 0 saturated heterocycles. The number of nitrogens with one attached hydrogen (secondary N) is 1. The molecule has 2 heteroatoms. The Bertz CT molecular complexity index is 727. The Hall–Kier alpha value is -1.47. The summed E-state index contributed by atoms with van der Waals surface area (Å²) in [7, 11) is 0. The number of H-pyrrole nitrogens is 1. The van der Waals surface area contributed by atoms with E-state index in [4.69, 9.17) is 11.6 Å². The summed E-state index contributed by atoms with van der Waals surface area (Å²) in [4.78, 5) is 3.44. The van der Waals surface area contributed by atoms with E-state index in [2.05, 4.69) is 36.2 Å². The average Bonchev–Trinajstić information content (AvgIpc) is 2.80. The van der Waals surface area contributed by atoms with Gasteiger partial charge in [-0.15, -0.1) is 0 Å². The van der Waals surface area contributed by atoms with Gasteiger partial charge in [0.1, 0.15) is 0 Å². The fourth-order valence-electron chi connectivity index (χ4n) is 2.83. The molecule has 104 valence electrons. The Morgan fingerprint density at radius 3 is 2.65 bits per heavy atom. The van der Waals surface area contributed by atoms with E-state index in [0.717, 1.165) is 10.5 Å². The van der Waals surface area contributed by atoms with Gasteiger partial charge in [-0.05, 0) is 42.7 Å². The summed E-state index contributed by atoms with van der Waals surface area (Å²) in [6.07, 6.45) is 6.43. The lowest BCUT2D eigenvalue weighted by atomic mass is 10.0. The number of aryl methyl sites for hydroxylation is 1. The van der Waals surface area contributed by atoms with Gasteiger partial charge < -0.3 is 4.98 Å². The fourth-order valence-corrected chi connectivity index (χ4v) is 3.01. The normalized spacial score (nSPS) is 11.5. The number of rotatable bonds is 5. The van der Waals surface area contributed by atoms with E-state index in [1.807, 2.05) is 12.1 Å². The molecule has 2 aromatic carbocycles. The first kappa shape index (κ1) is 13.5. The van der Waals surface area contributed by atoms with Crippen LogP contribution >= 0.6 is 11.6 Å². The zero-order chi connectivity index (χ0) is 13.9. The van der Waals surface area contributed by atoms with Gasteiger partial charge in [-0.1, -0.05) is 49.9 Å². The topological polar surface area (TPSA) is 15.8 Å². The Labute approximate surface area is 124 Å². The minimum Gasteiger partial charge on any atom is -0.354 e. The minimum absolute atomic E-state index is 0.781. The Morgan fingerprint density at radius 1 is 0.900 bits per heavy atom. The average molecular weight is 286 g/mol. The summed E-state index contributed by atoms with van der Waals surface area (Å²) < 4.78 is 0. The molecule has 0 aliphatic carbocycles. The van der Waals surface area contributed by atoms with Crippen LogP contribution in [0.2, 0.25) is 5.02 Å². The molecule has 0 unspecified atom stereocenters. The summed E-state index contributed by atoms with van der Waals surface area (Å²) in [5, 5.41) is 3.35. The van der Waals surface area contributed by atoms with Crippen molar-refractivity contribution in [2.24, 2.45) is 0 Å². The second kappa shape index (κ2) is 5.88. The van der Waals surface area contributed by atoms with Crippen molar-refractivity contribution in [3.05, 3.63) is 47.0 Å². The van der Waals surface area contributed by atoms with Gasteiger partial charge in [-0.3, -0.25) is 0 Å². The summed E-state index contributed by atoms with van der Waals surface area (Å²) in [5.41, 5.74) is 3.75. The molecule has 0 aliphatic rings. The molecule has 0 aliphatic heterocycles. The van der Waals surface area contributed by atoms with E-state index in [0.29, 0.717) is 0 Å². The molecule has 0 atom stereocenters. The number of benzene rings is 2. The van der Waals surface area contributed by atoms with Crippen LogP contribution in [0, 0.1) is 0 Å². The summed E-state index contributed by atoms with van der Waals surface area (Å²) >= 11 is 6.06. The van der Waals surface area contributed by atoms with Crippen molar-refractivity contribution in [2.75, 3.05) is 0 Å². The number of hydrogen-bond acceptors (Lipinski definition) is 0. The second-order valence-corrected chi connectivity index (χ2v) is 5.94. The van der Waals surface area contributed by atoms with Crippen molar-refractivity contribution in [1.82, 2.24) is 4.98 Å². The third-order valence-electron chi connectivity index (χ3n) is 3.94. The smallest absolute Gasteiger partial charge is 0.0479 e. The SMILES string of the molecule is CCCCCCc1ccc2[nH]c3cc(Cl)ccc3c2c1. The van der Waals surface area contributed by atoms with Gasteiger partial charge in [0.05, 0.1) is 0 Å². The van der Waals surface area contributed by atoms with Gasteiger partial charge in [0, 0.05) is 26.8 Å². The lowest BCUT2D eigenvalue weighted by Crippen LogP contribution is -1.85. The van der Waals surface area contributed by atoms with Crippen LogP contribution in [0.15, 0.2) is 36.4 Å². The Morgan fingerprint density at radius 2 is 1.80 bits per heavy atom. The maximum absolute atomic E-state index is 6.06. The number of aromatic amines is 1. The molecular formula is C18H20ClN. The standard InChI is InChI=1S/C18H20ClN/c1-2-3-4-5-6-13-7-10-17-16(11-13)15-9-8-14(19)12-18(15)20-17/h7-12,20H,2-6H2,1H3. The molecule has 0 fully saturated rings. The number of aromatic nitrogens is 1. The van der Waals surface area contributed by atoms with E-state index < -0.39 is 0 Å². The summed E-state index contributed by atoms with van der Waals surface area (Å²) in [5.74, 6) is 0. The van der Waals surface area contributed by atoms with Gasteiger partial charge in [0.2, 0.25) is 0 Å². The van der Waals surface area contributed by atoms with Crippen LogP contribution in [-0.2, 0) is 6.42 Å². The van der Waals surface area contributed by atoms with Crippen LogP contribution in [0.1, 0.15) is 38.2 Å². The Balaban J connectivity index is 1.91. The van der Waals surface area contributed by atoms with Gasteiger partial charge in [0.15, 0.2) is 0 Å². The van der Waals surface area contributed by atoms with Gasteiger partial charge in [0.25, 0.3) is 0 Å². The Kier molecular flexibility index (Phi) is 3.98. The largest absolute Gasteiger partial charge is 0.354 e. The van der Waals surface area contributed by atoms with E-state index in [-0.39, 0.29) is 0 Å². The maximum atomic E-state index is 6.06. The third-order valence-corrected chi connectivity index (χ3v) is 4.18. The van der Waals surface area contributed by atoms with Crippen LogP contribution in [0.4, 0.5) is 0 Å². The molecule has 0 amide bonds. The molecule has 0 bridgehead atoms. The fraction of sp³-hybridized carbons (Fsp3) is 0.333. The van der Waals surface area contributed by atoms with E-state index >= 15 is 0 Å². The molecule has 0 spiro atoms. The van der Waals surface area contributed by atoms with Crippen molar-refractivity contribution in [1.29, 1.82) is 0 Å². The summed E-state index contributed by atoms with van der Waals surface area (Å²) in [6, 6.07) is 12.8. The van der Waals surface area contributed by atoms with Crippen LogP contribution < -0.4 is 0 Å².